The van der Waals surface area contributed by atoms with Crippen LogP contribution in [0.25, 0.3) is 0 Å². The van der Waals surface area contributed by atoms with Crippen molar-refractivity contribution in [3.63, 3.8) is 0 Å². The summed E-state index contributed by atoms with van der Waals surface area (Å²) >= 11 is 3.72. The van der Waals surface area contributed by atoms with Gasteiger partial charge in [0.2, 0.25) is 10.0 Å². The van der Waals surface area contributed by atoms with E-state index in [1.54, 1.807) is 24.3 Å². The maximum atomic E-state index is 12.3. The molecule has 3 N–H and O–H groups in total. The van der Waals surface area contributed by atoms with Crippen LogP contribution in [0.5, 0.6) is 0 Å². The highest BCUT2D eigenvalue weighted by atomic mass is 32.2. The van der Waals surface area contributed by atoms with Crippen molar-refractivity contribution >= 4 is 33.5 Å². The van der Waals surface area contributed by atoms with Crippen LogP contribution in [-0.2, 0) is 16.6 Å². The van der Waals surface area contributed by atoms with Gasteiger partial charge in [-0.3, -0.25) is 0 Å². The van der Waals surface area contributed by atoms with E-state index < -0.39 is 10.0 Å². The third kappa shape index (κ3) is 4.13. The molecule has 7 heteroatoms. The molecule has 0 bridgehead atoms. The quantitative estimate of drug-likeness (QED) is 0.855. The van der Waals surface area contributed by atoms with Gasteiger partial charge in [0.05, 0.1) is 4.90 Å². The van der Waals surface area contributed by atoms with Crippen LogP contribution in [0.1, 0.15) is 5.56 Å². The first-order valence-corrected chi connectivity index (χ1v) is 9.79. The first-order chi connectivity index (χ1) is 9.13. The van der Waals surface area contributed by atoms with Crippen molar-refractivity contribution in [3.8, 4) is 0 Å². The minimum atomic E-state index is -3.46. The Labute approximate surface area is 123 Å². The summed E-state index contributed by atoms with van der Waals surface area (Å²) in [5, 5.41) is 0.360. The molecule has 1 atom stereocenters. The van der Waals surface area contributed by atoms with Crippen molar-refractivity contribution in [2.75, 3.05) is 23.8 Å². The molecule has 0 aromatic heterocycles. The van der Waals surface area contributed by atoms with Gasteiger partial charge in [0.15, 0.2) is 0 Å². The first-order valence-electron chi connectivity index (χ1n) is 6.10. The Hall–Kier alpha value is -0.210. The van der Waals surface area contributed by atoms with Gasteiger partial charge in [-0.15, -0.1) is 0 Å². The zero-order chi connectivity index (χ0) is 13.7. The number of thioether (sulfide) groups is 2. The highest BCUT2D eigenvalue weighted by molar-refractivity contribution is 8.06. The van der Waals surface area contributed by atoms with Gasteiger partial charge in [-0.05, 0) is 11.6 Å². The van der Waals surface area contributed by atoms with Crippen LogP contribution >= 0.6 is 23.5 Å². The standard InChI is InChI=1S/C12H18N2O2S3/c13-7-10-3-1-2-4-12(10)19(15,16)14-8-11-9-17-5-6-18-11/h1-4,11,14H,5-9,13H2. The summed E-state index contributed by atoms with van der Waals surface area (Å²) in [5.41, 5.74) is 6.24. The van der Waals surface area contributed by atoms with E-state index in [-0.39, 0.29) is 6.54 Å². The zero-order valence-corrected chi connectivity index (χ0v) is 13.0. The van der Waals surface area contributed by atoms with Gasteiger partial charge >= 0.3 is 0 Å². The van der Waals surface area contributed by atoms with E-state index in [0.717, 1.165) is 17.3 Å². The second kappa shape index (κ2) is 6.99. The lowest BCUT2D eigenvalue weighted by atomic mass is 10.2. The van der Waals surface area contributed by atoms with E-state index in [9.17, 15) is 8.42 Å². The Morgan fingerprint density at radius 2 is 2.11 bits per heavy atom. The van der Waals surface area contributed by atoms with Gasteiger partial charge in [-0.1, -0.05) is 18.2 Å². The van der Waals surface area contributed by atoms with E-state index in [1.165, 1.54) is 0 Å². The van der Waals surface area contributed by atoms with Crippen molar-refractivity contribution in [3.05, 3.63) is 29.8 Å². The number of hydrogen-bond acceptors (Lipinski definition) is 5. The fraction of sp³-hybridized carbons (Fsp3) is 0.500. The third-order valence-corrected chi connectivity index (χ3v) is 7.24. The monoisotopic (exact) mass is 318 g/mol. The minimum absolute atomic E-state index is 0.227. The molecule has 1 fully saturated rings. The molecule has 1 aliphatic heterocycles. The molecule has 1 heterocycles. The summed E-state index contributed by atoms with van der Waals surface area (Å²) in [7, 11) is -3.46. The molecule has 1 aromatic rings. The van der Waals surface area contributed by atoms with Crippen LogP contribution in [0.2, 0.25) is 0 Å². The minimum Gasteiger partial charge on any atom is -0.326 e. The summed E-state index contributed by atoms with van der Waals surface area (Å²) in [6.07, 6.45) is 0. The molecular formula is C12H18N2O2S3. The van der Waals surface area contributed by atoms with E-state index in [0.29, 0.717) is 22.3 Å². The molecule has 0 aliphatic carbocycles. The number of nitrogens with one attached hydrogen (secondary N) is 1. The van der Waals surface area contributed by atoms with E-state index in [2.05, 4.69) is 4.72 Å². The van der Waals surface area contributed by atoms with E-state index >= 15 is 0 Å². The number of benzene rings is 1. The molecule has 1 aliphatic rings. The second-order valence-electron chi connectivity index (χ2n) is 4.23. The molecular weight excluding hydrogens is 300 g/mol. The Balaban J connectivity index is 2.05. The molecule has 0 spiro atoms. The largest absolute Gasteiger partial charge is 0.326 e. The summed E-state index contributed by atoms with van der Waals surface area (Å²) < 4.78 is 27.2. The molecule has 19 heavy (non-hydrogen) atoms. The number of nitrogens with two attached hydrogens (primary N) is 1. The average Bonchev–Trinajstić information content (AvgIpc) is 2.46. The fourth-order valence-corrected chi connectivity index (χ4v) is 5.92. The highest BCUT2D eigenvalue weighted by Gasteiger charge is 2.21. The summed E-state index contributed by atoms with van der Waals surface area (Å²) in [5.74, 6) is 3.26. The van der Waals surface area contributed by atoms with Crippen LogP contribution in [-0.4, -0.2) is 37.5 Å². The van der Waals surface area contributed by atoms with E-state index in [4.69, 9.17) is 5.73 Å². The second-order valence-corrected chi connectivity index (χ2v) is 8.52. The molecule has 0 saturated carbocycles. The van der Waals surface area contributed by atoms with Crippen molar-refractivity contribution in [2.24, 2.45) is 5.73 Å². The van der Waals surface area contributed by atoms with Crippen LogP contribution in [0.15, 0.2) is 29.2 Å². The van der Waals surface area contributed by atoms with Gasteiger partial charge in [0.25, 0.3) is 0 Å². The van der Waals surface area contributed by atoms with Gasteiger partial charge in [0, 0.05) is 35.6 Å². The van der Waals surface area contributed by atoms with Gasteiger partial charge < -0.3 is 5.73 Å². The van der Waals surface area contributed by atoms with Crippen molar-refractivity contribution in [1.29, 1.82) is 0 Å². The summed E-state index contributed by atoms with van der Waals surface area (Å²) in [6.45, 7) is 0.712. The Bertz CT molecular complexity index is 513. The van der Waals surface area contributed by atoms with Gasteiger partial charge in [-0.2, -0.15) is 23.5 Å². The third-order valence-electron chi connectivity index (χ3n) is 2.87. The SMILES string of the molecule is NCc1ccccc1S(=O)(=O)NCC1CSCCS1. The summed E-state index contributed by atoms with van der Waals surface area (Å²) in [6, 6.07) is 6.88. The molecule has 1 saturated heterocycles. The van der Waals surface area contributed by atoms with Crippen LogP contribution in [0.3, 0.4) is 0 Å². The fourth-order valence-electron chi connectivity index (χ4n) is 1.87. The van der Waals surface area contributed by atoms with Crippen molar-refractivity contribution in [2.45, 2.75) is 16.7 Å². The Morgan fingerprint density at radius 3 is 2.79 bits per heavy atom. The first kappa shape index (κ1) is 15.2. The molecule has 1 aromatic carbocycles. The maximum absolute atomic E-state index is 12.3. The van der Waals surface area contributed by atoms with Crippen molar-refractivity contribution in [1.82, 2.24) is 4.72 Å². The van der Waals surface area contributed by atoms with Gasteiger partial charge in [0.1, 0.15) is 0 Å². The lowest BCUT2D eigenvalue weighted by molar-refractivity contribution is 0.580. The maximum Gasteiger partial charge on any atom is 0.240 e. The predicted molar refractivity (Wildman–Crippen MR) is 83.1 cm³/mol. The van der Waals surface area contributed by atoms with Crippen LogP contribution in [0, 0.1) is 0 Å². The Kier molecular flexibility index (Phi) is 5.58. The molecule has 4 nitrogen and oxygen atoms in total. The smallest absolute Gasteiger partial charge is 0.240 e. The molecule has 2 rings (SSSR count). The molecule has 0 radical (unpaired) electrons. The Morgan fingerprint density at radius 1 is 1.32 bits per heavy atom. The van der Waals surface area contributed by atoms with Crippen LogP contribution < -0.4 is 10.5 Å². The predicted octanol–water partition coefficient (Wildman–Crippen LogP) is 1.27. The van der Waals surface area contributed by atoms with Crippen LogP contribution in [0.4, 0.5) is 0 Å². The van der Waals surface area contributed by atoms with Crippen molar-refractivity contribution < 1.29 is 8.42 Å². The molecule has 106 valence electrons. The normalized spacial score (nSPS) is 20.4. The lowest BCUT2D eigenvalue weighted by Crippen LogP contribution is -2.34. The number of hydrogen-bond donors (Lipinski definition) is 2. The zero-order valence-electron chi connectivity index (χ0n) is 10.5. The number of rotatable bonds is 5. The lowest BCUT2D eigenvalue weighted by Gasteiger charge is -2.21. The molecule has 1 unspecified atom stereocenters. The average molecular weight is 318 g/mol. The topological polar surface area (TPSA) is 72.2 Å². The molecule has 0 amide bonds. The summed E-state index contributed by atoms with van der Waals surface area (Å²) in [4.78, 5) is 0.297. The number of sulfonamides is 1. The van der Waals surface area contributed by atoms with E-state index in [1.807, 2.05) is 23.5 Å². The van der Waals surface area contributed by atoms with Gasteiger partial charge in [-0.25, -0.2) is 13.1 Å². The highest BCUT2D eigenvalue weighted by Crippen LogP contribution is 2.24.